The summed E-state index contributed by atoms with van der Waals surface area (Å²) < 4.78 is 1.24. The van der Waals surface area contributed by atoms with Crippen molar-refractivity contribution in [2.24, 2.45) is 5.73 Å². The number of nitrogens with one attached hydrogen (secondary N) is 1. The zero-order valence-corrected chi connectivity index (χ0v) is 16.1. The number of anilines is 1. The lowest BCUT2D eigenvalue weighted by Crippen LogP contribution is -2.28. The van der Waals surface area contributed by atoms with Gasteiger partial charge in [-0.1, -0.05) is 32.0 Å². The molecule has 0 bridgehead atoms. The predicted octanol–water partition coefficient (Wildman–Crippen LogP) is 2.63. The molecular weight excluding hydrogens is 364 g/mol. The highest BCUT2D eigenvalue weighted by molar-refractivity contribution is 7.20. The highest BCUT2D eigenvalue weighted by Crippen LogP contribution is 2.26. The molecule has 1 aromatic carbocycles. The number of fused-ring (bicyclic) bond motifs is 1. The van der Waals surface area contributed by atoms with Crippen LogP contribution in [-0.4, -0.2) is 21.4 Å². The number of para-hydroxylation sites is 1. The van der Waals surface area contributed by atoms with Gasteiger partial charge in [0.15, 0.2) is 0 Å². The maximum atomic E-state index is 12.7. The molecule has 3 N–H and O–H groups in total. The number of thiophene rings is 1. The monoisotopic (exact) mass is 384 g/mol. The van der Waals surface area contributed by atoms with Gasteiger partial charge in [-0.15, -0.1) is 11.3 Å². The number of carbonyl (C=O) groups is 2. The van der Waals surface area contributed by atoms with Crippen LogP contribution in [0.4, 0.5) is 5.69 Å². The van der Waals surface area contributed by atoms with Crippen LogP contribution in [0.25, 0.3) is 10.2 Å². The lowest BCUT2D eigenvalue weighted by Gasteiger charge is -2.14. The van der Waals surface area contributed by atoms with E-state index in [0.717, 1.165) is 22.6 Å². The average molecular weight is 384 g/mol. The van der Waals surface area contributed by atoms with E-state index in [1.54, 1.807) is 6.92 Å². The molecular formula is C19H20N4O3S. The minimum atomic E-state index is -0.593. The van der Waals surface area contributed by atoms with Crippen LogP contribution < -0.4 is 16.6 Å². The van der Waals surface area contributed by atoms with E-state index in [1.165, 1.54) is 10.9 Å². The Balaban J connectivity index is 1.90. The van der Waals surface area contributed by atoms with Crippen molar-refractivity contribution >= 4 is 39.1 Å². The van der Waals surface area contributed by atoms with Gasteiger partial charge in [0.1, 0.15) is 11.4 Å². The van der Waals surface area contributed by atoms with Gasteiger partial charge in [0.05, 0.1) is 16.6 Å². The first-order valence-corrected chi connectivity index (χ1v) is 9.28. The van der Waals surface area contributed by atoms with Gasteiger partial charge >= 0.3 is 0 Å². The Bertz CT molecular complexity index is 1100. The van der Waals surface area contributed by atoms with E-state index in [9.17, 15) is 14.4 Å². The van der Waals surface area contributed by atoms with Crippen molar-refractivity contribution in [3.8, 4) is 0 Å². The Morgan fingerprint density at radius 3 is 2.67 bits per heavy atom. The average Bonchev–Trinajstić information content (AvgIpc) is 2.95. The molecule has 7 nitrogen and oxygen atoms in total. The summed E-state index contributed by atoms with van der Waals surface area (Å²) in [5.41, 5.74) is 7.22. The van der Waals surface area contributed by atoms with Gasteiger partial charge < -0.3 is 11.1 Å². The number of nitrogens with zero attached hydrogens (tertiary/aromatic N) is 2. The van der Waals surface area contributed by atoms with E-state index < -0.39 is 5.91 Å². The van der Waals surface area contributed by atoms with Gasteiger partial charge in [0.2, 0.25) is 5.91 Å². The summed E-state index contributed by atoms with van der Waals surface area (Å²) in [5.74, 6) is -0.665. The molecule has 140 valence electrons. The number of amides is 2. The molecule has 2 amide bonds. The summed E-state index contributed by atoms with van der Waals surface area (Å²) in [6.07, 6.45) is 1.32. The zero-order chi connectivity index (χ0) is 19.7. The Morgan fingerprint density at radius 1 is 1.30 bits per heavy atom. The summed E-state index contributed by atoms with van der Waals surface area (Å²) in [5, 5.41) is 3.18. The maximum absolute atomic E-state index is 12.7. The molecule has 2 aromatic heterocycles. The molecule has 0 fully saturated rings. The number of primary amides is 1. The third-order valence-corrected chi connectivity index (χ3v) is 5.53. The molecule has 0 saturated heterocycles. The van der Waals surface area contributed by atoms with Crippen LogP contribution >= 0.6 is 11.3 Å². The smallest absolute Gasteiger partial charge is 0.262 e. The van der Waals surface area contributed by atoms with Crippen LogP contribution in [-0.2, 0) is 11.3 Å². The van der Waals surface area contributed by atoms with Crippen molar-refractivity contribution in [3.05, 3.63) is 57.0 Å². The van der Waals surface area contributed by atoms with Crippen molar-refractivity contribution in [1.29, 1.82) is 0 Å². The first kappa shape index (κ1) is 18.8. The fourth-order valence-electron chi connectivity index (χ4n) is 2.97. The van der Waals surface area contributed by atoms with Gasteiger partial charge in [-0.3, -0.25) is 19.0 Å². The maximum Gasteiger partial charge on any atom is 0.262 e. The van der Waals surface area contributed by atoms with Crippen molar-refractivity contribution in [3.63, 3.8) is 0 Å². The second kappa shape index (κ2) is 7.32. The zero-order valence-electron chi connectivity index (χ0n) is 15.3. The van der Waals surface area contributed by atoms with E-state index in [0.29, 0.717) is 20.7 Å². The van der Waals surface area contributed by atoms with Gasteiger partial charge in [-0.05, 0) is 30.0 Å². The predicted molar refractivity (Wildman–Crippen MR) is 106 cm³/mol. The van der Waals surface area contributed by atoms with Crippen molar-refractivity contribution in [1.82, 2.24) is 9.55 Å². The lowest BCUT2D eigenvalue weighted by molar-refractivity contribution is -0.116. The van der Waals surface area contributed by atoms with Gasteiger partial charge in [0, 0.05) is 5.69 Å². The topological polar surface area (TPSA) is 107 Å². The van der Waals surface area contributed by atoms with Crippen LogP contribution in [0, 0.1) is 6.92 Å². The quantitative estimate of drug-likeness (QED) is 0.705. The second-order valence-corrected chi connectivity index (χ2v) is 7.57. The summed E-state index contributed by atoms with van der Waals surface area (Å²) >= 11 is 1.08. The minimum absolute atomic E-state index is 0.171. The molecule has 3 rings (SSSR count). The minimum Gasteiger partial charge on any atom is -0.365 e. The number of rotatable bonds is 5. The molecule has 3 aromatic rings. The molecule has 0 radical (unpaired) electrons. The molecule has 8 heteroatoms. The van der Waals surface area contributed by atoms with Gasteiger partial charge in [0.25, 0.3) is 11.5 Å². The SMILES string of the molecule is Cc1c(C(N)=O)sc2ncn(CC(=O)Nc3ccccc3C(C)C)c(=O)c12. The van der Waals surface area contributed by atoms with Crippen molar-refractivity contribution in [2.45, 2.75) is 33.2 Å². The van der Waals surface area contributed by atoms with Crippen molar-refractivity contribution < 1.29 is 9.59 Å². The fourth-order valence-corrected chi connectivity index (χ4v) is 3.96. The number of hydrogen-bond acceptors (Lipinski definition) is 5. The molecule has 27 heavy (non-hydrogen) atoms. The van der Waals surface area contributed by atoms with E-state index in [-0.39, 0.29) is 23.9 Å². The second-order valence-electron chi connectivity index (χ2n) is 6.57. The summed E-state index contributed by atoms with van der Waals surface area (Å²) in [6, 6.07) is 7.56. The summed E-state index contributed by atoms with van der Waals surface area (Å²) in [4.78, 5) is 41.7. The van der Waals surface area contributed by atoms with Gasteiger partial charge in [-0.25, -0.2) is 4.98 Å². The number of aryl methyl sites for hydroxylation is 1. The van der Waals surface area contributed by atoms with Crippen LogP contribution in [0.5, 0.6) is 0 Å². The molecule has 0 aliphatic carbocycles. The normalized spacial score (nSPS) is 11.1. The summed E-state index contributed by atoms with van der Waals surface area (Å²) in [7, 11) is 0. The van der Waals surface area contributed by atoms with Crippen LogP contribution in [0.3, 0.4) is 0 Å². The number of benzene rings is 1. The first-order valence-electron chi connectivity index (χ1n) is 8.46. The van der Waals surface area contributed by atoms with E-state index in [1.807, 2.05) is 38.1 Å². The molecule has 0 atom stereocenters. The first-order chi connectivity index (χ1) is 12.8. The van der Waals surface area contributed by atoms with Crippen LogP contribution in [0.1, 0.15) is 40.6 Å². The van der Waals surface area contributed by atoms with E-state index in [4.69, 9.17) is 5.73 Å². The summed E-state index contributed by atoms with van der Waals surface area (Å²) in [6.45, 7) is 5.58. The molecule has 0 spiro atoms. The molecule has 0 saturated carbocycles. The van der Waals surface area contributed by atoms with E-state index >= 15 is 0 Å². The molecule has 0 aliphatic rings. The third kappa shape index (κ3) is 3.61. The Kier molecular flexibility index (Phi) is 5.09. The lowest BCUT2D eigenvalue weighted by atomic mass is 10.0. The number of nitrogens with two attached hydrogens (primary N) is 1. The number of aromatic nitrogens is 2. The fraction of sp³-hybridized carbons (Fsp3) is 0.263. The largest absolute Gasteiger partial charge is 0.365 e. The molecule has 2 heterocycles. The highest BCUT2D eigenvalue weighted by Gasteiger charge is 2.18. The number of carbonyl (C=O) groups excluding carboxylic acids is 2. The number of hydrogen-bond donors (Lipinski definition) is 2. The molecule has 0 aliphatic heterocycles. The molecule has 0 unspecified atom stereocenters. The Hall–Kier alpha value is -3.00. The van der Waals surface area contributed by atoms with Crippen molar-refractivity contribution in [2.75, 3.05) is 5.32 Å². The Morgan fingerprint density at radius 2 is 2.00 bits per heavy atom. The van der Waals surface area contributed by atoms with Crippen LogP contribution in [0.15, 0.2) is 35.4 Å². The van der Waals surface area contributed by atoms with Gasteiger partial charge in [-0.2, -0.15) is 0 Å². The third-order valence-electron chi connectivity index (χ3n) is 4.31. The van der Waals surface area contributed by atoms with E-state index in [2.05, 4.69) is 10.3 Å². The standard InChI is InChI=1S/C19H20N4O3S/c1-10(2)12-6-4-5-7-13(12)22-14(24)8-23-9-21-18-15(19(23)26)11(3)16(27-18)17(20)25/h4-7,9-10H,8H2,1-3H3,(H2,20,25)(H,22,24). The Labute approximate surface area is 159 Å². The van der Waals surface area contributed by atoms with Crippen LogP contribution in [0.2, 0.25) is 0 Å². The highest BCUT2D eigenvalue weighted by atomic mass is 32.1.